The van der Waals surface area contributed by atoms with E-state index in [1.807, 2.05) is 13.0 Å². The van der Waals surface area contributed by atoms with Crippen LogP contribution in [-0.4, -0.2) is 38.2 Å². The van der Waals surface area contributed by atoms with E-state index in [1.165, 1.54) is 7.11 Å². The molecule has 1 saturated carbocycles. The number of hydrogen-bond acceptors (Lipinski definition) is 4. The van der Waals surface area contributed by atoms with E-state index in [4.69, 9.17) is 9.16 Å². The first-order valence-electron chi connectivity index (χ1n) is 9.04. The van der Waals surface area contributed by atoms with E-state index in [0.29, 0.717) is 6.42 Å². The van der Waals surface area contributed by atoms with Crippen LogP contribution in [0.3, 0.4) is 0 Å². The van der Waals surface area contributed by atoms with E-state index >= 15 is 0 Å². The molecule has 0 aliphatic heterocycles. The summed E-state index contributed by atoms with van der Waals surface area (Å²) in [5.41, 5.74) is -1.19. The summed E-state index contributed by atoms with van der Waals surface area (Å²) >= 11 is 0. The molecule has 5 heteroatoms. The maximum atomic E-state index is 11.8. The van der Waals surface area contributed by atoms with Crippen LogP contribution in [0.5, 0.6) is 0 Å². The van der Waals surface area contributed by atoms with E-state index in [0.717, 1.165) is 19.3 Å². The topological polar surface area (TPSA) is 55.8 Å². The predicted octanol–water partition coefficient (Wildman–Crippen LogP) is 4.05. The maximum absolute atomic E-state index is 11.8. The van der Waals surface area contributed by atoms with Crippen LogP contribution in [0, 0.1) is 11.3 Å². The molecule has 0 bridgehead atoms. The van der Waals surface area contributed by atoms with Gasteiger partial charge in [0.2, 0.25) is 0 Å². The number of rotatable bonds is 3. The van der Waals surface area contributed by atoms with Crippen molar-refractivity contribution >= 4 is 14.3 Å². The van der Waals surface area contributed by atoms with Gasteiger partial charge in [-0.05, 0) is 50.7 Å². The third-order valence-corrected chi connectivity index (χ3v) is 11.2. The average Bonchev–Trinajstić information content (AvgIpc) is 2.70. The van der Waals surface area contributed by atoms with Crippen molar-refractivity contribution in [2.45, 2.75) is 83.2 Å². The van der Waals surface area contributed by atoms with Gasteiger partial charge in [-0.15, -0.1) is 0 Å². The summed E-state index contributed by atoms with van der Waals surface area (Å²) in [6.07, 6.45) is 7.07. The first kappa shape index (κ1) is 19.7. The largest absolute Gasteiger partial charge is 0.469 e. The lowest BCUT2D eigenvalue weighted by molar-refractivity contribution is -0.145. The third kappa shape index (κ3) is 3.23. The smallest absolute Gasteiger partial charge is 0.312 e. The molecule has 0 aromatic rings. The van der Waals surface area contributed by atoms with Gasteiger partial charge in [0.1, 0.15) is 0 Å². The number of carbonyl (C=O) groups excluding carboxylic acids is 1. The molecule has 1 spiro atoms. The van der Waals surface area contributed by atoms with E-state index in [1.54, 1.807) is 0 Å². The zero-order chi connectivity index (χ0) is 18.4. The highest BCUT2D eigenvalue weighted by Gasteiger charge is 2.58. The highest BCUT2D eigenvalue weighted by Crippen LogP contribution is 2.56. The molecular weight excluding hydrogens is 320 g/mol. The van der Waals surface area contributed by atoms with Gasteiger partial charge in [0.15, 0.2) is 8.32 Å². The molecule has 1 N–H and O–H groups in total. The highest BCUT2D eigenvalue weighted by molar-refractivity contribution is 6.74. The molecule has 24 heavy (non-hydrogen) atoms. The van der Waals surface area contributed by atoms with Crippen LogP contribution in [0.1, 0.15) is 53.4 Å². The second-order valence-corrected chi connectivity index (χ2v) is 14.0. The summed E-state index contributed by atoms with van der Waals surface area (Å²) in [5.74, 6) is -0.397. The van der Waals surface area contributed by atoms with Crippen LogP contribution < -0.4 is 0 Å². The van der Waals surface area contributed by atoms with Crippen LogP contribution >= 0.6 is 0 Å². The Bertz CT molecular complexity index is 518. The van der Waals surface area contributed by atoms with Gasteiger partial charge in [-0.1, -0.05) is 32.9 Å². The molecule has 0 aromatic heterocycles. The maximum Gasteiger partial charge on any atom is 0.312 e. The Morgan fingerprint density at radius 3 is 2.33 bits per heavy atom. The standard InChI is InChI=1S/C19H34O4Si/c1-17(2,3)24(6,7)23-15-10-11-18(4,21)19(15)12-8-14(9-13-19)16(20)22-5/h8,12,14-15,21H,9-11,13H2,1-7H3/t14?,15-,18-,19+/m1/s1. The van der Waals surface area contributed by atoms with Crippen molar-refractivity contribution in [2.24, 2.45) is 11.3 Å². The molecule has 2 aliphatic rings. The van der Waals surface area contributed by atoms with Crippen molar-refractivity contribution in [3.63, 3.8) is 0 Å². The van der Waals surface area contributed by atoms with Crippen molar-refractivity contribution in [3.05, 3.63) is 12.2 Å². The van der Waals surface area contributed by atoms with E-state index in [-0.39, 0.29) is 23.0 Å². The van der Waals surface area contributed by atoms with Crippen LogP contribution in [0.15, 0.2) is 12.2 Å². The summed E-state index contributed by atoms with van der Waals surface area (Å²) in [5, 5.41) is 11.2. The first-order chi connectivity index (χ1) is 10.9. The summed E-state index contributed by atoms with van der Waals surface area (Å²) < 4.78 is 11.6. The van der Waals surface area contributed by atoms with Crippen molar-refractivity contribution in [1.82, 2.24) is 0 Å². The summed E-state index contributed by atoms with van der Waals surface area (Å²) in [6, 6.07) is 0. The Hall–Kier alpha value is -0.653. The van der Waals surface area contributed by atoms with Gasteiger partial charge in [-0.2, -0.15) is 0 Å². The minimum absolute atomic E-state index is 0.0169. The number of aliphatic hydroxyl groups is 1. The van der Waals surface area contributed by atoms with Crippen molar-refractivity contribution in [1.29, 1.82) is 0 Å². The molecule has 138 valence electrons. The van der Waals surface area contributed by atoms with Crippen LogP contribution in [0.4, 0.5) is 0 Å². The van der Waals surface area contributed by atoms with E-state index < -0.39 is 19.3 Å². The Morgan fingerprint density at radius 1 is 1.25 bits per heavy atom. The fourth-order valence-corrected chi connectivity index (χ4v) is 5.27. The molecule has 1 unspecified atom stereocenters. The number of hydrogen-bond donors (Lipinski definition) is 1. The Morgan fingerprint density at radius 2 is 1.88 bits per heavy atom. The molecule has 2 rings (SSSR count). The van der Waals surface area contributed by atoms with E-state index in [2.05, 4.69) is 39.9 Å². The van der Waals surface area contributed by atoms with Crippen LogP contribution in [0.25, 0.3) is 0 Å². The van der Waals surface area contributed by atoms with Gasteiger partial charge >= 0.3 is 5.97 Å². The summed E-state index contributed by atoms with van der Waals surface area (Å²) in [6.45, 7) is 13.2. The number of esters is 1. The first-order valence-corrected chi connectivity index (χ1v) is 11.9. The molecule has 2 aliphatic carbocycles. The number of carbonyl (C=O) groups is 1. The monoisotopic (exact) mass is 354 g/mol. The second-order valence-electron chi connectivity index (χ2n) is 9.25. The molecule has 0 aromatic carbocycles. The molecule has 0 radical (unpaired) electrons. The molecule has 0 heterocycles. The predicted molar refractivity (Wildman–Crippen MR) is 98.2 cm³/mol. The van der Waals surface area contributed by atoms with Gasteiger partial charge in [-0.3, -0.25) is 4.79 Å². The fourth-order valence-electron chi connectivity index (χ4n) is 3.87. The minimum atomic E-state index is -1.92. The van der Waals surface area contributed by atoms with Crippen LogP contribution in [0.2, 0.25) is 18.1 Å². The third-order valence-electron chi connectivity index (χ3n) is 6.71. The van der Waals surface area contributed by atoms with Gasteiger partial charge in [-0.25, -0.2) is 0 Å². The molecule has 0 saturated heterocycles. The highest BCUT2D eigenvalue weighted by atomic mass is 28.4. The zero-order valence-electron chi connectivity index (χ0n) is 16.3. The molecule has 0 amide bonds. The molecule has 1 fully saturated rings. The van der Waals surface area contributed by atoms with Gasteiger partial charge in [0, 0.05) is 5.41 Å². The Balaban J connectivity index is 2.30. The second kappa shape index (κ2) is 6.26. The fraction of sp³-hybridized carbons (Fsp3) is 0.842. The Kier molecular flexibility index (Phi) is 5.13. The van der Waals surface area contributed by atoms with Gasteiger partial charge in [0.05, 0.1) is 24.7 Å². The number of methoxy groups -OCH3 is 1. The van der Waals surface area contributed by atoms with Crippen molar-refractivity contribution < 1.29 is 19.1 Å². The summed E-state index contributed by atoms with van der Waals surface area (Å²) in [4.78, 5) is 11.8. The van der Waals surface area contributed by atoms with Gasteiger partial charge < -0.3 is 14.3 Å². The van der Waals surface area contributed by atoms with Gasteiger partial charge in [0.25, 0.3) is 0 Å². The summed E-state index contributed by atoms with van der Waals surface area (Å²) in [7, 11) is -0.499. The quantitative estimate of drug-likeness (QED) is 0.472. The lowest BCUT2D eigenvalue weighted by atomic mass is 9.66. The van der Waals surface area contributed by atoms with Crippen LogP contribution in [-0.2, 0) is 14.0 Å². The lowest BCUT2D eigenvalue weighted by Gasteiger charge is -2.48. The molecule has 4 atom stereocenters. The van der Waals surface area contributed by atoms with E-state index in [9.17, 15) is 9.90 Å². The lowest BCUT2D eigenvalue weighted by Crippen LogP contribution is -2.53. The zero-order valence-corrected chi connectivity index (χ0v) is 17.3. The van der Waals surface area contributed by atoms with Crippen molar-refractivity contribution in [3.8, 4) is 0 Å². The number of ether oxygens (including phenoxy) is 1. The molecule has 4 nitrogen and oxygen atoms in total. The molecular formula is C19H34O4Si. The van der Waals surface area contributed by atoms with Crippen molar-refractivity contribution in [2.75, 3.05) is 7.11 Å². The Labute approximate surface area is 147 Å². The SMILES string of the molecule is COC(=O)C1C=C[C@]2(CC1)[C@H](O[Si](C)(C)C(C)(C)C)CC[C@@]2(C)O. The average molecular weight is 355 g/mol. The minimum Gasteiger partial charge on any atom is -0.469 e. The normalized spacial score (nSPS) is 37.0.